The normalized spacial score (nSPS) is 26.0. The Bertz CT molecular complexity index is 1070. The summed E-state index contributed by atoms with van der Waals surface area (Å²) in [5.41, 5.74) is 6.24. The van der Waals surface area contributed by atoms with Crippen molar-refractivity contribution in [3.05, 3.63) is 70.4 Å². The Kier molecular flexibility index (Phi) is 6.67. The molecule has 0 aliphatic carbocycles. The first-order valence-corrected chi connectivity index (χ1v) is 10.9. The van der Waals surface area contributed by atoms with Crippen LogP contribution in [-0.4, -0.2) is 67.7 Å². The SMILES string of the molecule is Cc1cc(C)c2c(Cc3ccc(CCO)cc3)cn([C@@H]3O[C@H](CO)[C@@H](O)[C@H](O)[C@H]3O)c2c1. The van der Waals surface area contributed by atoms with E-state index in [2.05, 4.69) is 6.07 Å². The molecule has 32 heavy (non-hydrogen) atoms. The molecule has 0 bridgehead atoms. The molecule has 0 amide bonds. The lowest BCUT2D eigenvalue weighted by Gasteiger charge is -2.40. The molecule has 7 nitrogen and oxygen atoms in total. The van der Waals surface area contributed by atoms with Crippen molar-refractivity contribution in [2.45, 2.75) is 57.3 Å². The van der Waals surface area contributed by atoms with Crippen LogP contribution in [0.15, 0.2) is 42.6 Å². The van der Waals surface area contributed by atoms with Crippen LogP contribution in [0.2, 0.25) is 0 Å². The average molecular weight is 442 g/mol. The van der Waals surface area contributed by atoms with Gasteiger partial charge in [-0.3, -0.25) is 0 Å². The van der Waals surface area contributed by atoms with Gasteiger partial charge in [-0.25, -0.2) is 0 Å². The molecule has 1 aromatic heterocycles. The summed E-state index contributed by atoms with van der Waals surface area (Å²) in [6.45, 7) is 3.69. The van der Waals surface area contributed by atoms with Crippen molar-refractivity contribution in [2.75, 3.05) is 13.2 Å². The largest absolute Gasteiger partial charge is 0.396 e. The van der Waals surface area contributed by atoms with E-state index in [0.717, 1.165) is 38.7 Å². The number of hydrogen-bond acceptors (Lipinski definition) is 6. The summed E-state index contributed by atoms with van der Waals surface area (Å²) in [5, 5.41) is 50.9. The third kappa shape index (κ3) is 4.20. The quantitative estimate of drug-likeness (QED) is 0.395. The zero-order valence-corrected chi connectivity index (χ0v) is 18.3. The molecule has 3 aromatic rings. The lowest BCUT2D eigenvalue weighted by atomic mass is 9.98. The zero-order chi connectivity index (χ0) is 23.0. The van der Waals surface area contributed by atoms with Gasteiger partial charge in [0.2, 0.25) is 0 Å². The predicted octanol–water partition coefficient (Wildman–Crippen LogP) is 1.36. The van der Waals surface area contributed by atoms with Crippen LogP contribution in [0.5, 0.6) is 0 Å². The molecule has 5 atom stereocenters. The van der Waals surface area contributed by atoms with Crippen LogP contribution in [-0.2, 0) is 17.6 Å². The van der Waals surface area contributed by atoms with E-state index in [4.69, 9.17) is 9.84 Å². The van der Waals surface area contributed by atoms with Crippen molar-refractivity contribution < 1.29 is 30.3 Å². The highest BCUT2D eigenvalue weighted by atomic mass is 16.6. The van der Waals surface area contributed by atoms with E-state index >= 15 is 0 Å². The molecule has 2 heterocycles. The van der Waals surface area contributed by atoms with Gasteiger partial charge in [0, 0.05) is 18.2 Å². The molecule has 7 heteroatoms. The fourth-order valence-corrected chi connectivity index (χ4v) is 4.70. The van der Waals surface area contributed by atoms with Crippen LogP contribution in [0.3, 0.4) is 0 Å². The van der Waals surface area contributed by atoms with Gasteiger partial charge in [0.15, 0.2) is 6.23 Å². The summed E-state index contributed by atoms with van der Waals surface area (Å²) in [7, 11) is 0. The van der Waals surface area contributed by atoms with Gasteiger partial charge in [0.25, 0.3) is 0 Å². The van der Waals surface area contributed by atoms with E-state index in [0.29, 0.717) is 12.8 Å². The maximum Gasteiger partial charge on any atom is 0.163 e. The van der Waals surface area contributed by atoms with Gasteiger partial charge >= 0.3 is 0 Å². The molecule has 1 aliphatic rings. The van der Waals surface area contributed by atoms with E-state index in [-0.39, 0.29) is 6.61 Å². The maximum atomic E-state index is 10.7. The van der Waals surface area contributed by atoms with Crippen LogP contribution in [0, 0.1) is 13.8 Å². The minimum absolute atomic E-state index is 0.116. The molecule has 1 fully saturated rings. The van der Waals surface area contributed by atoms with Crippen LogP contribution in [0.1, 0.15) is 34.0 Å². The number of nitrogens with zero attached hydrogens (tertiary/aromatic N) is 1. The molecular weight excluding hydrogens is 410 g/mol. The highest BCUT2D eigenvalue weighted by Gasteiger charge is 2.44. The predicted molar refractivity (Wildman–Crippen MR) is 120 cm³/mol. The monoisotopic (exact) mass is 441 g/mol. The fraction of sp³-hybridized carbons (Fsp3) is 0.440. The minimum Gasteiger partial charge on any atom is -0.396 e. The Morgan fingerprint density at radius 3 is 2.25 bits per heavy atom. The van der Waals surface area contributed by atoms with E-state index in [1.807, 2.05) is 50.4 Å². The summed E-state index contributed by atoms with van der Waals surface area (Å²) in [6.07, 6.45) is -2.90. The molecule has 0 spiro atoms. The Balaban J connectivity index is 1.77. The van der Waals surface area contributed by atoms with Crippen LogP contribution in [0.25, 0.3) is 10.9 Å². The average Bonchev–Trinajstić information content (AvgIpc) is 3.12. The Morgan fingerprint density at radius 1 is 0.906 bits per heavy atom. The van der Waals surface area contributed by atoms with Gasteiger partial charge in [-0.05, 0) is 60.6 Å². The van der Waals surface area contributed by atoms with Crippen LogP contribution in [0.4, 0.5) is 0 Å². The second kappa shape index (κ2) is 9.31. The number of rotatable bonds is 6. The van der Waals surface area contributed by atoms with Crippen molar-refractivity contribution in [3.8, 4) is 0 Å². The van der Waals surface area contributed by atoms with Gasteiger partial charge in [0.05, 0.1) is 12.1 Å². The Labute approximate surface area is 187 Å². The van der Waals surface area contributed by atoms with E-state index in [9.17, 15) is 20.4 Å². The van der Waals surface area contributed by atoms with Crippen molar-refractivity contribution in [2.24, 2.45) is 0 Å². The summed E-state index contributed by atoms with van der Waals surface area (Å²) in [4.78, 5) is 0. The maximum absolute atomic E-state index is 10.7. The zero-order valence-electron chi connectivity index (χ0n) is 18.3. The molecule has 0 unspecified atom stereocenters. The van der Waals surface area contributed by atoms with Crippen molar-refractivity contribution in [1.82, 2.24) is 4.57 Å². The van der Waals surface area contributed by atoms with Gasteiger partial charge in [0.1, 0.15) is 24.4 Å². The highest BCUT2D eigenvalue weighted by molar-refractivity contribution is 5.88. The molecule has 1 aliphatic heterocycles. The lowest BCUT2D eigenvalue weighted by molar-refractivity contribution is -0.250. The molecular formula is C25H31NO6. The van der Waals surface area contributed by atoms with Crippen LogP contribution >= 0.6 is 0 Å². The van der Waals surface area contributed by atoms with Gasteiger partial charge in [-0.15, -0.1) is 0 Å². The summed E-state index contributed by atoms with van der Waals surface area (Å²) >= 11 is 0. The summed E-state index contributed by atoms with van der Waals surface area (Å²) < 4.78 is 7.64. The van der Waals surface area contributed by atoms with Crippen molar-refractivity contribution in [3.63, 3.8) is 0 Å². The number of aromatic nitrogens is 1. The number of aryl methyl sites for hydroxylation is 2. The number of hydrogen-bond donors (Lipinski definition) is 5. The molecule has 1 saturated heterocycles. The number of aliphatic hydroxyl groups excluding tert-OH is 5. The Morgan fingerprint density at radius 2 is 1.59 bits per heavy atom. The molecule has 5 N–H and O–H groups in total. The first-order chi connectivity index (χ1) is 15.3. The van der Waals surface area contributed by atoms with E-state index in [1.54, 1.807) is 4.57 Å². The number of fused-ring (bicyclic) bond motifs is 1. The Hall–Kier alpha value is -2.26. The molecule has 4 rings (SSSR count). The second-order valence-corrected chi connectivity index (χ2v) is 8.72. The van der Waals surface area contributed by atoms with Crippen LogP contribution < -0.4 is 0 Å². The van der Waals surface area contributed by atoms with E-state index in [1.165, 1.54) is 0 Å². The summed E-state index contributed by atoms with van der Waals surface area (Å²) in [6, 6.07) is 12.2. The summed E-state index contributed by atoms with van der Waals surface area (Å²) in [5.74, 6) is 0. The number of aliphatic hydroxyl groups is 5. The molecule has 172 valence electrons. The second-order valence-electron chi connectivity index (χ2n) is 8.72. The first kappa shape index (κ1) is 22.9. The molecule has 2 aromatic carbocycles. The number of benzene rings is 2. The minimum atomic E-state index is -1.43. The van der Waals surface area contributed by atoms with Gasteiger partial charge in [-0.2, -0.15) is 0 Å². The van der Waals surface area contributed by atoms with Crippen molar-refractivity contribution in [1.29, 1.82) is 0 Å². The van der Waals surface area contributed by atoms with Gasteiger partial charge in [-0.1, -0.05) is 30.3 Å². The standard InChI is InChI=1S/C25H31NO6/c1-14-9-15(2)21-18(11-17-5-3-16(4-6-17)7-8-27)12-26(19(21)10-14)25-24(31)23(30)22(29)20(13-28)32-25/h3-6,9-10,12,20,22-25,27-31H,7-8,11,13H2,1-2H3/t20-,22-,23+,24-,25-/m1/s1. The third-order valence-corrected chi connectivity index (χ3v) is 6.31. The fourth-order valence-electron chi connectivity index (χ4n) is 4.70. The lowest BCUT2D eigenvalue weighted by Crippen LogP contribution is -2.56. The highest BCUT2D eigenvalue weighted by Crippen LogP contribution is 2.35. The smallest absolute Gasteiger partial charge is 0.163 e. The first-order valence-electron chi connectivity index (χ1n) is 10.9. The van der Waals surface area contributed by atoms with Gasteiger partial charge < -0.3 is 34.8 Å². The van der Waals surface area contributed by atoms with Crippen molar-refractivity contribution >= 4 is 10.9 Å². The number of ether oxygens (including phenoxy) is 1. The van der Waals surface area contributed by atoms with E-state index < -0.39 is 37.3 Å². The topological polar surface area (TPSA) is 115 Å². The molecule has 0 saturated carbocycles. The third-order valence-electron chi connectivity index (χ3n) is 6.31. The molecule has 0 radical (unpaired) electrons.